The minimum absolute atomic E-state index is 0.0546. The third-order valence-electron chi connectivity index (χ3n) is 10.4. The molecular weight excluding hydrogens is 849 g/mol. The monoisotopic (exact) mass is 937 g/mol. The molecule has 16 nitrogen and oxygen atoms in total. The van der Waals surface area contributed by atoms with Crippen molar-refractivity contribution in [3.8, 4) is 0 Å². The van der Waals surface area contributed by atoms with Gasteiger partial charge in [0.25, 0.3) is 0 Å². The van der Waals surface area contributed by atoms with Crippen LogP contribution in [-0.4, -0.2) is 105 Å². The van der Waals surface area contributed by atoms with E-state index in [1.807, 2.05) is 41.5 Å². The van der Waals surface area contributed by atoms with Crippen molar-refractivity contribution in [2.24, 2.45) is 23.7 Å². The van der Waals surface area contributed by atoms with Gasteiger partial charge in [0.15, 0.2) is 0 Å². The van der Waals surface area contributed by atoms with Gasteiger partial charge in [0.2, 0.25) is 17.7 Å². The first kappa shape index (κ1) is 61.7. The molecule has 4 N–H and O–H groups in total. The van der Waals surface area contributed by atoms with Crippen LogP contribution in [0.2, 0.25) is 0 Å². The lowest BCUT2D eigenvalue weighted by molar-refractivity contribution is -0.149. The Morgan fingerprint density at radius 2 is 0.682 bits per heavy atom. The molecule has 3 amide bonds. The number of Topliss-reactive ketones (excluding diaryl/α,β-unsaturated/α-hetero) is 1. The Labute approximate surface area is 396 Å². The van der Waals surface area contributed by atoms with Crippen LogP contribution >= 0.6 is 0 Å². The molecule has 66 heavy (non-hydrogen) atoms. The number of ketones is 1. The van der Waals surface area contributed by atoms with Crippen LogP contribution in [0, 0.1) is 23.7 Å². The Hall–Kier alpha value is -4.34. The van der Waals surface area contributed by atoms with E-state index in [2.05, 4.69) is 35.1 Å². The number of unbranched alkanes of at least 4 members (excludes halogenated alkanes) is 9. The maximum atomic E-state index is 13.0. The lowest BCUT2D eigenvalue weighted by atomic mass is 10.0. The fourth-order valence-electron chi connectivity index (χ4n) is 6.94. The quantitative estimate of drug-likeness (QED) is 0.0212. The van der Waals surface area contributed by atoms with E-state index in [4.69, 9.17) is 18.9 Å². The van der Waals surface area contributed by atoms with Crippen LogP contribution in [0.5, 0.6) is 0 Å². The van der Waals surface area contributed by atoms with Crippen molar-refractivity contribution in [2.45, 2.75) is 202 Å². The molecule has 0 aliphatic carbocycles. The molecule has 0 bridgehead atoms. The summed E-state index contributed by atoms with van der Waals surface area (Å²) in [5.74, 6) is -2.52. The second-order valence-corrected chi connectivity index (χ2v) is 19.0. The maximum Gasteiger partial charge on any atom is 0.328 e. The van der Waals surface area contributed by atoms with E-state index in [1.54, 1.807) is 14.0 Å². The Morgan fingerprint density at radius 1 is 0.394 bits per heavy atom. The lowest BCUT2D eigenvalue weighted by Crippen LogP contribution is -2.43. The van der Waals surface area contributed by atoms with Crippen LogP contribution in [0.15, 0.2) is 12.2 Å². The molecule has 0 heterocycles. The first-order chi connectivity index (χ1) is 31.2. The van der Waals surface area contributed by atoms with E-state index in [1.165, 1.54) is 0 Å². The van der Waals surface area contributed by atoms with Gasteiger partial charge in [-0.2, -0.15) is 0 Å². The molecule has 0 spiro atoms. The van der Waals surface area contributed by atoms with Crippen LogP contribution in [0.25, 0.3) is 0 Å². The van der Waals surface area contributed by atoms with E-state index in [0.717, 1.165) is 50.7 Å². The Morgan fingerprint density at radius 3 is 1.00 bits per heavy atom. The van der Waals surface area contributed by atoms with E-state index in [0.29, 0.717) is 89.6 Å². The summed E-state index contributed by atoms with van der Waals surface area (Å²) < 4.78 is 21.8. The highest BCUT2D eigenvalue weighted by Gasteiger charge is 2.26. The summed E-state index contributed by atoms with van der Waals surface area (Å²) in [5.41, 5.74) is 0. The van der Waals surface area contributed by atoms with Gasteiger partial charge in [-0.1, -0.05) is 68.2 Å². The Kier molecular flexibility index (Phi) is 35.2. The first-order valence-electron chi connectivity index (χ1n) is 24.7. The molecule has 0 fully saturated rings. The molecule has 0 aromatic heterocycles. The normalized spacial score (nSPS) is 13.3. The summed E-state index contributed by atoms with van der Waals surface area (Å²) in [7, 11) is 1.75. The molecule has 0 aliphatic heterocycles. The van der Waals surface area contributed by atoms with Gasteiger partial charge in [0, 0.05) is 25.0 Å². The lowest BCUT2D eigenvalue weighted by Gasteiger charge is -2.19. The smallest absolute Gasteiger partial charge is 0.328 e. The van der Waals surface area contributed by atoms with Gasteiger partial charge in [-0.05, 0) is 128 Å². The minimum atomic E-state index is -0.930. The van der Waals surface area contributed by atoms with Crippen molar-refractivity contribution >= 4 is 47.4 Å². The van der Waals surface area contributed by atoms with Crippen molar-refractivity contribution in [3.63, 3.8) is 0 Å². The second-order valence-electron chi connectivity index (χ2n) is 19.0. The minimum Gasteiger partial charge on any atom is -0.465 e. The van der Waals surface area contributed by atoms with Gasteiger partial charge < -0.3 is 45.0 Å². The van der Waals surface area contributed by atoms with Crippen molar-refractivity contribution in [3.05, 3.63) is 12.2 Å². The fraction of sp³-hybridized carbons (Fsp3) is 0.800. The molecule has 0 saturated heterocycles. The highest BCUT2D eigenvalue weighted by molar-refractivity contribution is 5.99. The van der Waals surface area contributed by atoms with Gasteiger partial charge in [-0.3, -0.25) is 19.2 Å². The molecule has 4 unspecified atom stereocenters. The summed E-state index contributed by atoms with van der Waals surface area (Å²) in [6.45, 7) is 18.1. The van der Waals surface area contributed by atoms with Crippen LogP contribution in [0.4, 0.5) is 0 Å². The largest absolute Gasteiger partial charge is 0.465 e. The molecule has 0 aromatic carbocycles. The number of amides is 3. The number of hydrogen-bond donors (Lipinski definition) is 4. The third kappa shape index (κ3) is 34.0. The van der Waals surface area contributed by atoms with Crippen LogP contribution in [0.3, 0.4) is 0 Å². The molecule has 16 heteroatoms. The molecule has 0 aromatic rings. The van der Waals surface area contributed by atoms with E-state index < -0.39 is 47.8 Å². The number of carbonyl (C=O) groups is 8. The number of hydrogen-bond acceptors (Lipinski definition) is 13. The number of esters is 4. The average molecular weight is 937 g/mol. The third-order valence-corrected chi connectivity index (χ3v) is 10.4. The number of carbonyl (C=O) groups excluding carboxylic acids is 8. The standard InChI is InChI=1S/C50H88N4O12/c1-35(2)31-40(51-10)47(59)63-27-19-13-14-20-29-65-49(61)42(33-37(5)6)53-45(57)25-26-46(58)54-43(34-38(7)8)50(62)66-30-22-16-15-21-28-64-48(60)41(32-36(3)4)52-44(56)24-18-12-11-17-23-39(9)55/h25-26,35-38,40-43,51H,11-24,27-34H2,1-10H3,(H,52,56)(H,53,57)(H,54,58)/b26-25+. The predicted octanol–water partition coefficient (Wildman–Crippen LogP) is 6.99. The van der Waals surface area contributed by atoms with Crippen LogP contribution in [-0.2, 0) is 57.3 Å². The van der Waals surface area contributed by atoms with Crippen LogP contribution < -0.4 is 21.3 Å². The van der Waals surface area contributed by atoms with Crippen molar-refractivity contribution in [1.29, 1.82) is 0 Å². The van der Waals surface area contributed by atoms with Gasteiger partial charge >= 0.3 is 23.9 Å². The molecule has 0 saturated carbocycles. The summed E-state index contributed by atoms with van der Waals surface area (Å²) in [4.78, 5) is 100. The molecule has 0 radical (unpaired) electrons. The topological polar surface area (TPSA) is 222 Å². The zero-order valence-corrected chi connectivity index (χ0v) is 42.2. The van der Waals surface area contributed by atoms with Gasteiger partial charge in [-0.25, -0.2) is 14.4 Å². The van der Waals surface area contributed by atoms with Crippen molar-refractivity contribution < 1.29 is 57.3 Å². The van der Waals surface area contributed by atoms with Gasteiger partial charge in [0.05, 0.1) is 26.4 Å². The Bertz CT molecular complexity index is 1460. The van der Waals surface area contributed by atoms with Crippen molar-refractivity contribution in [2.75, 3.05) is 33.5 Å². The molecule has 0 rings (SSSR count). The fourth-order valence-corrected chi connectivity index (χ4v) is 6.94. The molecule has 380 valence electrons. The highest BCUT2D eigenvalue weighted by Crippen LogP contribution is 2.13. The summed E-state index contributed by atoms with van der Waals surface area (Å²) >= 11 is 0. The van der Waals surface area contributed by atoms with Gasteiger partial charge in [-0.15, -0.1) is 0 Å². The second kappa shape index (κ2) is 37.7. The van der Waals surface area contributed by atoms with Crippen molar-refractivity contribution in [1.82, 2.24) is 21.3 Å². The van der Waals surface area contributed by atoms with Gasteiger partial charge in [0.1, 0.15) is 30.0 Å². The molecule has 4 atom stereocenters. The predicted molar refractivity (Wildman–Crippen MR) is 255 cm³/mol. The van der Waals surface area contributed by atoms with Crippen LogP contribution in [0.1, 0.15) is 178 Å². The first-order valence-corrected chi connectivity index (χ1v) is 24.7. The summed E-state index contributed by atoms with van der Waals surface area (Å²) in [6.07, 6.45) is 13.5. The number of likely N-dealkylation sites (N-methyl/N-ethyl adjacent to an activating group) is 1. The zero-order valence-electron chi connectivity index (χ0n) is 42.2. The molecule has 0 aliphatic rings. The highest BCUT2D eigenvalue weighted by atomic mass is 16.5. The maximum absolute atomic E-state index is 13.0. The summed E-state index contributed by atoms with van der Waals surface area (Å²) in [6, 6.07) is -2.87. The number of nitrogens with one attached hydrogen (secondary N) is 4. The number of rotatable bonds is 39. The van der Waals surface area contributed by atoms with E-state index >= 15 is 0 Å². The zero-order chi connectivity index (χ0) is 49.9. The average Bonchev–Trinajstić information content (AvgIpc) is 3.23. The SMILES string of the molecule is CNC(CC(C)C)C(=O)OCCCCCCOC(=O)C(CC(C)C)NC(=O)/C=C/C(=O)NC(CC(C)C)C(=O)OCCCCCCOC(=O)C(CC(C)C)NC(=O)CCCCCCC(C)=O. The molecular formula is C50H88N4O12. The number of ether oxygens (including phenoxy) is 4. The van der Waals surface area contributed by atoms with E-state index in [-0.39, 0.29) is 61.3 Å². The van der Waals surface area contributed by atoms with E-state index in [9.17, 15) is 38.4 Å². The summed E-state index contributed by atoms with van der Waals surface area (Å²) in [5, 5.41) is 11.1. The Balaban J connectivity index is 4.70.